The topological polar surface area (TPSA) is 96.2 Å². The minimum Gasteiger partial charge on any atom is -0.395 e. The molecule has 0 unspecified atom stereocenters. The Balaban J connectivity index is 2.59. The number of cyclic esters (lactones) is 2. The lowest BCUT2D eigenvalue weighted by Crippen LogP contribution is -2.55. The van der Waals surface area contributed by atoms with E-state index >= 15 is 0 Å². The Bertz CT molecular complexity index is 159. The van der Waals surface area contributed by atoms with Gasteiger partial charge in [0.15, 0.2) is 0 Å². The van der Waals surface area contributed by atoms with Crippen LogP contribution in [0.1, 0.15) is 0 Å². The van der Waals surface area contributed by atoms with E-state index in [1.165, 1.54) is 0 Å². The first kappa shape index (κ1) is 9.24. The van der Waals surface area contributed by atoms with Crippen molar-refractivity contribution in [3.05, 3.63) is 0 Å². The van der Waals surface area contributed by atoms with Gasteiger partial charge < -0.3 is 24.8 Å². The number of ether oxygens (including phenoxy) is 2. The van der Waals surface area contributed by atoms with Gasteiger partial charge in [-0.2, -0.15) is 0 Å². The van der Waals surface area contributed by atoms with Crippen LogP contribution in [0.2, 0.25) is 0 Å². The minimum absolute atomic E-state index is 0.516. The highest BCUT2D eigenvalue weighted by molar-refractivity contribution is 5.64. The van der Waals surface area contributed by atoms with Gasteiger partial charge in [0.05, 0.1) is 19.8 Å². The first-order chi connectivity index (χ1) is 5.68. The molecule has 0 atom stereocenters. The highest BCUT2D eigenvalue weighted by Gasteiger charge is 2.49. The summed E-state index contributed by atoms with van der Waals surface area (Å²) in [7, 11) is 0. The maximum absolute atomic E-state index is 10.2. The van der Waals surface area contributed by atoms with Crippen LogP contribution in [0.25, 0.3) is 0 Å². The van der Waals surface area contributed by atoms with Crippen molar-refractivity contribution in [2.45, 2.75) is 6.29 Å². The predicted molar refractivity (Wildman–Crippen MR) is 35.0 cm³/mol. The van der Waals surface area contributed by atoms with E-state index in [1.807, 2.05) is 0 Å². The van der Waals surface area contributed by atoms with Gasteiger partial charge in [-0.1, -0.05) is 0 Å². The largest absolute Gasteiger partial charge is 0.514 e. The molecular weight excluding hydrogens is 168 g/mol. The molecule has 0 aliphatic carbocycles. The molecule has 6 nitrogen and oxygen atoms in total. The van der Waals surface area contributed by atoms with Crippen LogP contribution in [0.15, 0.2) is 0 Å². The summed E-state index contributed by atoms with van der Waals surface area (Å²) in [6.07, 6.45) is -1.91. The maximum Gasteiger partial charge on any atom is 0.514 e. The van der Waals surface area contributed by atoms with Crippen molar-refractivity contribution in [3.8, 4) is 0 Å². The molecule has 1 fully saturated rings. The molecule has 70 valence electrons. The molecule has 6 heteroatoms. The van der Waals surface area contributed by atoms with Crippen molar-refractivity contribution < 1.29 is 29.6 Å². The second-order valence-electron chi connectivity index (χ2n) is 2.65. The molecule has 1 aliphatic heterocycles. The molecule has 0 aromatic carbocycles. The number of aliphatic hydroxyl groups is 3. The zero-order chi connectivity index (χ0) is 9.19. The third kappa shape index (κ3) is 1.24. The van der Waals surface area contributed by atoms with Crippen molar-refractivity contribution in [1.82, 2.24) is 0 Å². The van der Waals surface area contributed by atoms with Crippen LogP contribution in [0, 0.1) is 5.41 Å². The minimum atomic E-state index is -1.30. The molecule has 0 radical (unpaired) electrons. The number of aliphatic hydroxyl groups excluding tert-OH is 3. The average Bonchev–Trinajstić information content (AvgIpc) is 2.05. The quantitative estimate of drug-likeness (QED) is 0.451. The molecule has 0 bridgehead atoms. The van der Waals surface area contributed by atoms with Gasteiger partial charge in [0.1, 0.15) is 5.41 Å². The molecule has 1 rings (SSSR count). The van der Waals surface area contributed by atoms with Crippen LogP contribution in [-0.2, 0) is 9.47 Å². The summed E-state index contributed by atoms with van der Waals surface area (Å²) in [6.45, 7) is -1.55. The van der Waals surface area contributed by atoms with E-state index in [2.05, 4.69) is 9.47 Å². The van der Waals surface area contributed by atoms with Gasteiger partial charge in [-0.05, 0) is 0 Å². The second-order valence-corrected chi connectivity index (χ2v) is 2.65. The van der Waals surface area contributed by atoms with Crippen molar-refractivity contribution in [1.29, 1.82) is 0 Å². The number of hydrogen-bond donors (Lipinski definition) is 3. The SMILES string of the molecule is O=C1OC(C(CO)(CO)CO)O1. The maximum atomic E-state index is 10.2. The average molecular weight is 178 g/mol. The lowest BCUT2D eigenvalue weighted by Gasteiger charge is -2.38. The van der Waals surface area contributed by atoms with Gasteiger partial charge >= 0.3 is 6.16 Å². The Morgan fingerprint density at radius 1 is 1.17 bits per heavy atom. The monoisotopic (exact) mass is 178 g/mol. The van der Waals surface area contributed by atoms with E-state index in [1.54, 1.807) is 0 Å². The Kier molecular flexibility index (Phi) is 2.51. The van der Waals surface area contributed by atoms with E-state index in [9.17, 15) is 4.79 Å². The van der Waals surface area contributed by atoms with Crippen LogP contribution in [0.5, 0.6) is 0 Å². The Hall–Kier alpha value is -0.850. The summed E-state index contributed by atoms with van der Waals surface area (Å²) < 4.78 is 8.87. The molecule has 3 N–H and O–H groups in total. The second kappa shape index (κ2) is 3.26. The van der Waals surface area contributed by atoms with E-state index in [0.717, 1.165) is 0 Å². The van der Waals surface area contributed by atoms with Crippen molar-refractivity contribution in [2.75, 3.05) is 19.8 Å². The molecule has 12 heavy (non-hydrogen) atoms. The van der Waals surface area contributed by atoms with E-state index in [-0.39, 0.29) is 0 Å². The normalized spacial score (nSPS) is 18.1. The van der Waals surface area contributed by atoms with Crippen molar-refractivity contribution in [3.63, 3.8) is 0 Å². The molecule has 0 saturated carbocycles. The number of rotatable bonds is 4. The summed E-state index contributed by atoms with van der Waals surface area (Å²) in [6, 6.07) is 0. The van der Waals surface area contributed by atoms with Crippen LogP contribution in [0.3, 0.4) is 0 Å². The molecule has 0 aromatic heterocycles. The van der Waals surface area contributed by atoms with Crippen LogP contribution < -0.4 is 0 Å². The molecule has 1 saturated heterocycles. The van der Waals surface area contributed by atoms with Gasteiger partial charge in [-0.25, -0.2) is 4.79 Å². The molecule has 0 aromatic rings. The molecule has 1 heterocycles. The summed E-state index contributed by atoms with van der Waals surface area (Å²) in [5.74, 6) is 0. The highest BCUT2D eigenvalue weighted by Crippen LogP contribution is 2.30. The summed E-state index contributed by atoms with van der Waals surface area (Å²) >= 11 is 0. The van der Waals surface area contributed by atoms with Crippen molar-refractivity contribution >= 4 is 6.16 Å². The van der Waals surface area contributed by atoms with Crippen LogP contribution in [-0.4, -0.2) is 47.6 Å². The fraction of sp³-hybridized carbons (Fsp3) is 0.833. The lowest BCUT2D eigenvalue weighted by molar-refractivity contribution is -0.263. The predicted octanol–water partition coefficient (Wildman–Crippen LogP) is -1.56. The standard InChI is InChI=1S/C6H10O6/c7-1-6(2-8,3-9)4-11-5(10)12-4/h4,7-9H,1-3H2. The fourth-order valence-electron chi connectivity index (χ4n) is 0.807. The molecule has 1 aliphatic rings. The summed E-state index contributed by atoms with van der Waals surface area (Å²) in [5, 5.41) is 26.4. The van der Waals surface area contributed by atoms with Gasteiger partial charge in [0, 0.05) is 0 Å². The Morgan fingerprint density at radius 3 is 1.83 bits per heavy atom. The summed E-state index contributed by atoms with van der Waals surface area (Å²) in [4.78, 5) is 10.2. The Morgan fingerprint density at radius 2 is 1.58 bits per heavy atom. The third-order valence-electron chi connectivity index (χ3n) is 1.85. The fourth-order valence-corrected chi connectivity index (χ4v) is 0.807. The van der Waals surface area contributed by atoms with E-state index in [0.29, 0.717) is 0 Å². The molecule has 0 spiro atoms. The lowest BCUT2D eigenvalue weighted by atomic mass is 9.90. The van der Waals surface area contributed by atoms with Crippen LogP contribution in [0.4, 0.5) is 4.79 Å². The highest BCUT2D eigenvalue weighted by atomic mass is 16.9. The smallest absolute Gasteiger partial charge is 0.395 e. The number of hydrogen-bond acceptors (Lipinski definition) is 6. The zero-order valence-corrected chi connectivity index (χ0v) is 6.27. The first-order valence-electron chi connectivity index (χ1n) is 3.38. The Labute approximate surface area is 68.3 Å². The molecular formula is C6H10O6. The zero-order valence-electron chi connectivity index (χ0n) is 6.27. The van der Waals surface area contributed by atoms with E-state index < -0.39 is 37.7 Å². The number of carbonyl (C=O) groups excluding carboxylic acids is 1. The van der Waals surface area contributed by atoms with Gasteiger partial charge in [-0.3, -0.25) is 0 Å². The molecule has 0 amide bonds. The number of carbonyl (C=O) groups is 1. The van der Waals surface area contributed by atoms with E-state index in [4.69, 9.17) is 15.3 Å². The van der Waals surface area contributed by atoms with Gasteiger partial charge in [-0.15, -0.1) is 0 Å². The summed E-state index contributed by atoms with van der Waals surface area (Å²) in [5.41, 5.74) is -1.30. The van der Waals surface area contributed by atoms with Crippen LogP contribution >= 0.6 is 0 Å². The third-order valence-corrected chi connectivity index (χ3v) is 1.85. The van der Waals surface area contributed by atoms with Gasteiger partial charge in [0.25, 0.3) is 6.29 Å². The first-order valence-corrected chi connectivity index (χ1v) is 3.38. The van der Waals surface area contributed by atoms with Gasteiger partial charge in [0.2, 0.25) is 0 Å². The van der Waals surface area contributed by atoms with Crippen molar-refractivity contribution in [2.24, 2.45) is 5.41 Å².